The third kappa shape index (κ3) is 4.18. The van der Waals surface area contributed by atoms with Gasteiger partial charge in [-0.25, -0.2) is 0 Å². The molecular weight excluding hydrogens is 334 g/mol. The molecule has 1 saturated carbocycles. The van der Waals surface area contributed by atoms with Gasteiger partial charge >= 0.3 is 0 Å². The van der Waals surface area contributed by atoms with Crippen LogP contribution in [0.2, 0.25) is 0 Å². The fraction of sp³-hybridized carbons (Fsp3) is 0.565. The molecule has 0 radical (unpaired) electrons. The molecule has 2 aliphatic rings. The molecule has 27 heavy (non-hydrogen) atoms. The summed E-state index contributed by atoms with van der Waals surface area (Å²) in [6.07, 6.45) is 8.39. The molecule has 1 fully saturated rings. The molecule has 4 heteroatoms. The van der Waals surface area contributed by atoms with E-state index in [4.69, 9.17) is 0 Å². The Hall–Kier alpha value is -2.28. The van der Waals surface area contributed by atoms with Gasteiger partial charge in [0, 0.05) is 24.3 Å². The molecule has 1 atom stereocenters. The lowest BCUT2D eigenvalue weighted by Crippen LogP contribution is -2.45. The number of amides is 1. The molecule has 4 nitrogen and oxygen atoms in total. The molecule has 1 aliphatic heterocycles. The highest BCUT2D eigenvalue weighted by molar-refractivity contribution is 6.01. The molecule has 144 valence electrons. The van der Waals surface area contributed by atoms with E-state index in [9.17, 15) is 10.1 Å². The molecule has 3 rings (SSSR count). The molecule has 1 aromatic carbocycles. The molecule has 1 aliphatic carbocycles. The molecule has 1 aromatic rings. The fourth-order valence-corrected chi connectivity index (χ4v) is 4.51. The van der Waals surface area contributed by atoms with Gasteiger partial charge in [-0.1, -0.05) is 32.3 Å². The summed E-state index contributed by atoms with van der Waals surface area (Å²) < 4.78 is 0. The van der Waals surface area contributed by atoms with Crippen LogP contribution in [0.1, 0.15) is 76.3 Å². The predicted molar refractivity (Wildman–Crippen MR) is 111 cm³/mol. The second-order valence-electron chi connectivity index (χ2n) is 8.77. The van der Waals surface area contributed by atoms with Gasteiger partial charge < -0.3 is 10.2 Å². The maximum Gasteiger partial charge on any atom is 0.262 e. The van der Waals surface area contributed by atoms with Crippen LogP contribution < -0.4 is 10.2 Å². The van der Waals surface area contributed by atoms with Gasteiger partial charge in [0.05, 0.1) is 0 Å². The van der Waals surface area contributed by atoms with E-state index in [1.54, 1.807) is 6.08 Å². The number of hydrogen-bond donors (Lipinski definition) is 1. The number of carbonyl (C=O) groups is 1. The second-order valence-corrected chi connectivity index (χ2v) is 8.77. The summed E-state index contributed by atoms with van der Waals surface area (Å²) in [5.74, 6) is 0.203. The highest BCUT2D eigenvalue weighted by Crippen LogP contribution is 2.42. The zero-order chi connectivity index (χ0) is 19.6. The van der Waals surface area contributed by atoms with Gasteiger partial charge in [0.25, 0.3) is 5.91 Å². The van der Waals surface area contributed by atoms with Gasteiger partial charge in [-0.3, -0.25) is 4.79 Å². The molecule has 0 bridgehead atoms. The first-order valence-electron chi connectivity index (χ1n) is 10.1. The van der Waals surface area contributed by atoms with Crippen molar-refractivity contribution in [2.75, 3.05) is 11.9 Å². The van der Waals surface area contributed by atoms with Crippen LogP contribution in [0, 0.1) is 11.3 Å². The zero-order valence-electron chi connectivity index (χ0n) is 17.0. The Morgan fingerprint density at radius 3 is 2.67 bits per heavy atom. The van der Waals surface area contributed by atoms with E-state index in [1.165, 1.54) is 17.7 Å². The van der Waals surface area contributed by atoms with E-state index in [0.717, 1.165) is 37.7 Å². The van der Waals surface area contributed by atoms with Crippen LogP contribution in [0.5, 0.6) is 0 Å². The first-order valence-corrected chi connectivity index (χ1v) is 10.1. The van der Waals surface area contributed by atoms with Crippen LogP contribution >= 0.6 is 0 Å². The minimum atomic E-state index is -0.242. The molecule has 0 aromatic heterocycles. The lowest BCUT2D eigenvalue weighted by atomic mass is 9.80. The Morgan fingerprint density at radius 1 is 1.30 bits per heavy atom. The molecule has 0 saturated heterocycles. The first-order chi connectivity index (χ1) is 12.8. The number of rotatable bonds is 3. The van der Waals surface area contributed by atoms with Crippen molar-refractivity contribution in [3.05, 3.63) is 34.9 Å². The van der Waals surface area contributed by atoms with E-state index in [1.807, 2.05) is 6.07 Å². The standard InChI is InChI=1S/C23H31N3O/c1-16-14-23(2,3)26(4)21-11-10-17(13-20(16)21)12-18(15-24)22(27)25-19-8-6-5-7-9-19/h10-13,16,19H,5-9,14H2,1-4H3,(H,25,27)/b18-12-/t16-/m0/s1. The smallest absolute Gasteiger partial charge is 0.262 e. The second kappa shape index (κ2) is 7.76. The summed E-state index contributed by atoms with van der Waals surface area (Å²) in [4.78, 5) is 14.9. The normalized spacial score (nSPS) is 22.7. The number of nitriles is 1. The van der Waals surface area contributed by atoms with Gasteiger partial charge in [0.15, 0.2) is 0 Å². The van der Waals surface area contributed by atoms with E-state index >= 15 is 0 Å². The van der Waals surface area contributed by atoms with Crippen LogP contribution in [-0.2, 0) is 4.79 Å². The Labute approximate surface area is 163 Å². The Morgan fingerprint density at radius 2 is 2.00 bits per heavy atom. The number of carbonyl (C=O) groups excluding carboxylic acids is 1. The van der Waals surface area contributed by atoms with Crippen molar-refractivity contribution in [3.63, 3.8) is 0 Å². The highest BCUT2D eigenvalue weighted by atomic mass is 16.1. The van der Waals surface area contributed by atoms with Crippen molar-refractivity contribution in [1.29, 1.82) is 5.26 Å². The van der Waals surface area contributed by atoms with E-state index in [0.29, 0.717) is 5.92 Å². The number of benzene rings is 1. The van der Waals surface area contributed by atoms with E-state index < -0.39 is 0 Å². The molecule has 0 unspecified atom stereocenters. The number of nitrogens with zero attached hydrogens (tertiary/aromatic N) is 2. The van der Waals surface area contributed by atoms with Crippen LogP contribution in [0.15, 0.2) is 23.8 Å². The maximum absolute atomic E-state index is 12.5. The molecular formula is C23H31N3O. The third-order valence-electron chi connectivity index (χ3n) is 6.27. The molecule has 1 heterocycles. The number of nitrogens with one attached hydrogen (secondary N) is 1. The fourth-order valence-electron chi connectivity index (χ4n) is 4.51. The van der Waals surface area contributed by atoms with E-state index in [2.05, 4.69) is 56.2 Å². The summed E-state index contributed by atoms with van der Waals surface area (Å²) in [5, 5.41) is 12.5. The largest absolute Gasteiger partial charge is 0.369 e. The SMILES string of the molecule is C[C@H]1CC(C)(C)N(C)c2ccc(/C=C(/C#N)C(=O)NC3CCCCC3)cc21. The summed E-state index contributed by atoms with van der Waals surface area (Å²) in [6.45, 7) is 6.79. The molecule has 1 N–H and O–H groups in total. The Bertz CT molecular complexity index is 781. The average molecular weight is 366 g/mol. The number of fused-ring (bicyclic) bond motifs is 1. The van der Waals surface area contributed by atoms with Gasteiger partial charge in [-0.2, -0.15) is 5.26 Å². The number of anilines is 1. The Kier molecular flexibility index (Phi) is 5.60. The van der Waals surface area contributed by atoms with Crippen LogP contribution in [0.3, 0.4) is 0 Å². The minimum Gasteiger partial charge on any atom is -0.369 e. The zero-order valence-corrected chi connectivity index (χ0v) is 17.0. The summed E-state index contributed by atoms with van der Waals surface area (Å²) >= 11 is 0. The van der Waals surface area contributed by atoms with Crippen molar-refractivity contribution >= 4 is 17.7 Å². The average Bonchev–Trinajstić information content (AvgIpc) is 2.64. The third-order valence-corrected chi connectivity index (χ3v) is 6.27. The molecule has 0 spiro atoms. The minimum absolute atomic E-state index is 0.126. The van der Waals surface area contributed by atoms with Crippen molar-refractivity contribution < 1.29 is 4.79 Å². The van der Waals surface area contributed by atoms with Crippen LogP contribution in [0.4, 0.5) is 5.69 Å². The quantitative estimate of drug-likeness (QED) is 0.620. The van der Waals surface area contributed by atoms with Crippen LogP contribution in [0.25, 0.3) is 6.08 Å². The molecule has 1 amide bonds. The maximum atomic E-state index is 12.5. The van der Waals surface area contributed by atoms with Crippen molar-refractivity contribution in [3.8, 4) is 6.07 Å². The summed E-state index contributed by atoms with van der Waals surface area (Å²) in [5.41, 5.74) is 3.76. The summed E-state index contributed by atoms with van der Waals surface area (Å²) in [7, 11) is 2.14. The lowest BCUT2D eigenvalue weighted by Gasteiger charge is -2.45. The monoisotopic (exact) mass is 365 g/mol. The number of hydrogen-bond acceptors (Lipinski definition) is 3. The predicted octanol–water partition coefficient (Wildman–Crippen LogP) is 4.76. The van der Waals surface area contributed by atoms with Gasteiger partial charge in [0.2, 0.25) is 0 Å². The van der Waals surface area contributed by atoms with E-state index in [-0.39, 0.29) is 23.1 Å². The van der Waals surface area contributed by atoms with Gasteiger partial charge in [-0.15, -0.1) is 0 Å². The van der Waals surface area contributed by atoms with Crippen molar-refractivity contribution in [2.24, 2.45) is 0 Å². The van der Waals surface area contributed by atoms with Crippen LogP contribution in [-0.4, -0.2) is 24.5 Å². The van der Waals surface area contributed by atoms with Crippen molar-refractivity contribution in [2.45, 2.75) is 76.8 Å². The summed E-state index contributed by atoms with van der Waals surface area (Å²) in [6, 6.07) is 8.56. The first kappa shape index (κ1) is 19.5. The lowest BCUT2D eigenvalue weighted by molar-refractivity contribution is -0.117. The van der Waals surface area contributed by atoms with Crippen molar-refractivity contribution in [1.82, 2.24) is 5.32 Å². The topological polar surface area (TPSA) is 56.1 Å². The highest BCUT2D eigenvalue weighted by Gasteiger charge is 2.34. The van der Waals surface area contributed by atoms with Gasteiger partial charge in [0.1, 0.15) is 11.6 Å². The Balaban J connectivity index is 1.82. The van der Waals surface area contributed by atoms with Gasteiger partial charge in [-0.05, 0) is 68.4 Å².